The average Bonchev–Trinajstić information content (AvgIpc) is 2.61. The molecule has 0 bridgehead atoms. The summed E-state index contributed by atoms with van der Waals surface area (Å²) in [6, 6.07) is 12.3. The molecule has 0 fully saturated rings. The van der Waals surface area contributed by atoms with Gasteiger partial charge >= 0.3 is 0 Å². The second-order valence-corrected chi connectivity index (χ2v) is 5.33. The van der Waals surface area contributed by atoms with Gasteiger partial charge in [-0.15, -0.1) is 0 Å². The van der Waals surface area contributed by atoms with E-state index in [1.165, 1.54) is 26.4 Å². The Morgan fingerprint density at radius 1 is 1.04 bits per heavy atom. The number of aromatic nitrogens is 1. The minimum atomic E-state index is -0.126. The van der Waals surface area contributed by atoms with E-state index in [2.05, 4.69) is 11.9 Å². The average molecular weight is 313 g/mol. The van der Waals surface area contributed by atoms with Crippen molar-refractivity contribution in [3.05, 3.63) is 53.7 Å². The van der Waals surface area contributed by atoms with E-state index in [1.54, 1.807) is 30.3 Å². The van der Waals surface area contributed by atoms with Gasteiger partial charge in [0.25, 0.3) is 0 Å². The number of ether oxygens (including phenoxy) is 2. The van der Waals surface area contributed by atoms with Crippen LogP contribution in [0.25, 0.3) is 0 Å². The van der Waals surface area contributed by atoms with Gasteiger partial charge in [0, 0.05) is 11.6 Å². The fourth-order valence-corrected chi connectivity index (χ4v) is 2.22. The van der Waals surface area contributed by atoms with Crippen LogP contribution in [0.3, 0.4) is 0 Å². The SMILES string of the molecule is CCCCCCOc1ccc(C(=O)c2cccc(OC)n2)cc1. The van der Waals surface area contributed by atoms with Crippen molar-refractivity contribution in [2.75, 3.05) is 13.7 Å². The number of hydrogen-bond donors (Lipinski definition) is 0. The van der Waals surface area contributed by atoms with Crippen LogP contribution in [-0.4, -0.2) is 24.5 Å². The molecule has 0 radical (unpaired) electrons. The van der Waals surface area contributed by atoms with Gasteiger partial charge in [-0.2, -0.15) is 0 Å². The molecular weight excluding hydrogens is 290 g/mol. The first kappa shape index (κ1) is 17.0. The third kappa shape index (κ3) is 5.09. The Bertz CT molecular complexity index is 623. The van der Waals surface area contributed by atoms with Gasteiger partial charge in [-0.05, 0) is 36.8 Å². The van der Waals surface area contributed by atoms with Crippen LogP contribution in [-0.2, 0) is 0 Å². The maximum atomic E-state index is 12.4. The number of methoxy groups -OCH3 is 1. The standard InChI is InChI=1S/C19H23NO3/c1-3-4-5-6-14-23-16-12-10-15(11-13-16)19(21)17-8-7-9-18(20-17)22-2/h7-13H,3-6,14H2,1-2H3. The van der Waals surface area contributed by atoms with Crippen LogP contribution in [0.15, 0.2) is 42.5 Å². The van der Waals surface area contributed by atoms with Crippen LogP contribution in [0, 0.1) is 0 Å². The molecule has 0 unspecified atom stereocenters. The van der Waals surface area contributed by atoms with Crippen LogP contribution < -0.4 is 9.47 Å². The summed E-state index contributed by atoms with van der Waals surface area (Å²) in [5.41, 5.74) is 0.960. The van der Waals surface area contributed by atoms with Gasteiger partial charge in [0.15, 0.2) is 0 Å². The van der Waals surface area contributed by atoms with Crippen LogP contribution in [0.1, 0.15) is 48.7 Å². The molecule has 1 aromatic carbocycles. The highest BCUT2D eigenvalue weighted by Crippen LogP contribution is 2.16. The summed E-state index contributed by atoms with van der Waals surface area (Å²) in [5, 5.41) is 0. The number of carbonyl (C=O) groups is 1. The molecule has 0 aliphatic carbocycles. The molecule has 2 aromatic rings. The van der Waals surface area contributed by atoms with Gasteiger partial charge in [-0.3, -0.25) is 4.79 Å². The molecule has 4 heteroatoms. The third-order valence-electron chi connectivity index (χ3n) is 3.55. The molecule has 0 aliphatic heterocycles. The Labute approximate surface area is 137 Å². The zero-order valence-corrected chi connectivity index (χ0v) is 13.7. The van der Waals surface area contributed by atoms with Crippen molar-refractivity contribution in [1.82, 2.24) is 4.98 Å². The molecule has 122 valence electrons. The molecule has 1 heterocycles. The summed E-state index contributed by atoms with van der Waals surface area (Å²) in [6.07, 6.45) is 4.70. The van der Waals surface area contributed by atoms with E-state index < -0.39 is 0 Å². The Kier molecular flexibility index (Phi) is 6.60. The van der Waals surface area contributed by atoms with Gasteiger partial charge < -0.3 is 9.47 Å². The largest absolute Gasteiger partial charge is 0.494 e. The van der Waals surface area contributed by atoms with E-state index in [1.807, 2.05) is 12.1 Å². The number of unbranched alkanes of at least 4 members (excludes halogenated alkanes) is 3. The predicted octanol–water partition coefficient (Wildman–Crippen LogP) is 4.28. The second-order valence-electron chi connectivity index (χ2n) is 5.33. The molecule has 0 saturated carbocycles. The summed E-state index contributed by atoms with van der Waals surface area (Å²) in [5.74, 6) is 1.10. The predicted molar refractivity (Wildman–Crippen MR) is 90.3 cm³/mol. The van der Waals surface area contributed by atoms with E-state index >= 15 is 0 Å². The van der Waals surface area contributed by atoms with Gasteiger partial charge in [0.1, 0.15) is 11.4 Å². The first-order chi connectivity index (χ1) is 11.2. The number of hydrogen-bond acceptors (Lipinski definition) is 4. The molecular formula is C19H23NO3. The fraction of sp³-hybridized carbons (Fsp3) is 0.368. The minimum absolute atomic E-state index is 0.126. The van der Waals surface area contributed by atoms with Crippen LogP contribution >= 0.6 is 0 Å². The van der Waals surface area contributed by atoms with Crippen molar-refractivity contribution in [3.63, 3.8) is 0 Å². The van der Waals surface area contributed by atoms with Crippen LogP contribution in [0.5, 0.6) is 11.6 Å². The van der Waals surface area contributed by atoms with E-state index in [-0.39, 0.29) is 5.78 Å². The van der Waals surface area contributed by atoms with Gasteiger partial charge in [-0.25, -0.2) is 4.98 Å². The topological polar surface area (TPSA) is 48.4 Å². The Morgan fingerprint density at radius 2 is 1.83 bits per heavy atom. The number of rotatable bonds is 9. The summed E-state index contributed by atoms with van der Waals surface area (Å²) in [4.78, 5) is 16.6. The summed E-state index contributed by atoms with van der Waals surface area (Å²) in [6.45, 7) is 2.90. The minimum Gasteiger partial charge on any atom is -0.494 e. The van der Waals surface area contributed by atoms with E-state index in [4.69, 9.17) is 9.47 Å². The van der Waals surface area contributed by atoms with Gasteiger partial charge in [-0.1, -0.05) is 32.3 Å². The van der Waals surface area contributed by atoms with Crippen molar-refractivity contribution < 1.29 is 14.3 Å². The van der Waals surface area contributed by atoms with Crippen molar-refractivity contribution >= 4 is 5.78 Å². The van der Waals surface area contributed by atoms with Crippen molar-refractivity contribution in [2.24, 2.45) is 0 Å². The van der Waals surface area contributed by atoms with E-state index in [9.17, 15) is 4.79 Å². The zero-order valence-electron chi connectivity index (χ0n) is 13.7. The molecule has 4 nitrogen and oxygen atoms in total. The molecule has 23 heavy (non-hydrogen) atoms. The molecule has 0 aliphatic rings. The van der Waals surface area contributed by atoms with Gasteiger partial charge in [0.2, 0.25) is 11.7 Å². The zero-order chi connectivity index (χ0) is 16.5. The lowest BCUT2D eigenvalue weighted by molar-refractivity contribution is 0.103. The molecule has 0 N–H and O–H groups in total. The summed E-state index contributed by atoms with van der Waals surface area (Å²) >= 11 is 0. The second kappa shape index (κ2) is 8.93. The maximum absolute atomic E-state index is 12.4. The maximum Gasteiger partial charge on any atom is 0.213 e. The highest BCUT2D eigenvalue weighted by atomic mass is 16.5. The lowest BCUT2D eigenvalue weighted by Crippen LogP contribution is -2.05. The summed E-state index contributed by atoms with van der Waals surface area (Å²) < 4.78 is 10.7. The molecule has 0 atom stereocenters. The fourth-order valence-electron chi connectivity index (χ4n) is 2.22. The monoisotopic (exact) mass is 313 g/mol. The van der Waals surface area contributed by atoms with Crippen molar-refractivity contribution in [3.8, 4) is 11.6 Å². The van der Waals surface area contributed by atoms with Crippen molar-refractivity contribution in [2.45, 2.75) is 32.6 Å². The normalized spacial score (nSPS) is 10.3. The number of carbonyl (C=O) groups excluding carboxylic acids is 1. The number of benzene rings is 1. The Balaban J connectivity index is 1.94. The Morgan fingerprint density at radius 3 is 2.52 bits per heavy atom. The number of pyridine rings is 1. The lowest BCUT2D eigenvalue weighted by Gasteiger charge is -2.07. The molecule has 2 rings (SSSR count). The van der Waals surface area contributed by atoms with Gasteiger partial charge in [0.05, 0.1) is 13.7 Å². The molecule has 0 saturated heterocycles. The van der Waals surface area contributed by atoms with Crippen LogP contribution in [0.2, 0.25) is 0 Å². The number of nitrogens with zero attached hydrogens (tertiary/aromatic N) is 1. The smallest absolute Gasteiger partial charge is 0.213 e. The first-order valence-electron chi connectivity index (χ1n) is 8.03. The van der Waals surface area contributed by atoms with E-state index in [0.29, 0.717) is 23.7 Å². The number of ketones is 1. The highest BCUT2D eigenvalue weighted by Gasteiger charge is 2.11. The lowest BCUT2D eigenvalue weighted by atomic mass is 10.1. The summed E-state index contributed by atoms with van der Waals surface area (Å²) in [7, 11) is 1.53. The third-order valence-corrected chi connectivity index (χ3v) is 3.55. The quantitative estimate of drug-likeness (QED) is 0.512. The highest BCUT2D eigenvalue weighted by molar-refractivity contribution is 6.07. The van der Waals surface area contributed by atoms with Crippen molar-refractivity contribution in [1.29, 1.82) is 0 Å². The van der Waals surface area contributed by atoms with E-state index in [0.717, 1.165) is 12.2 Å². The molecule has 0 spiro atoms. The Hall–Kier alpha value is -2.36. The molecule has 1 aromatic heterocycles. The van der Waals surface area contributed by atoms with Crippen LogP contribution in [0.4, 0.5) is 0 Å². The molecule has 0 amide bonds. The first-order valence-corrected chi connectivity index (χ1v) is 8.03.